The minimum atomic E-state index is -0.937. The topological polar surface area (TPSA) is 35.0 Å². The summed E-state index contributed by atoms with van der Waals surface area (Å²) >= 11 is 10.7. The Morgan fingerprint density at radius 1 is 1.04 bits per heavy atom. The van der Waals surface area contributed by atoms with E-state index in [1.54, 1.807) is 6.20 Å². The molecule has 3 aromatic rings. The van der Waals surface area contributed by atoms with Crippen molar-refractivity contribution < 1.29 is 4.74 Å². The average molecular weight is 404 g/mol. The van der Waals surface area contributed by atoms with Crippen LogP contribution in [0.15, 0.2) is 71.6 Å². The van der Waals surface area contributed by atoms with Gasteiger partial charge in [-0.3, -0.25) is 0 Å². The summed E-state index contributed by atoms with van der Waals surface area (Å²) in [6.45, 7) is 2.43. The highest BCUT2D eigenvalue weighted by atomic mass is 79.9. The Bertz CT molecular complexity index is 811. The van der Waals surface area contributed by atoms with Crippen LogP contribution in [0, 0.1) is 0 Å². The van der Waals surface area contributed by atoms with Gasteiger partial charge in [0, 0.05) is 10.7 Å². The van der Waals surface area contributed by atoms with Gasteiger partial charge in [-0.1, -0.05) is 58.4 Å². The van der Waals surface area contributed by atoms with Crippen LogP contribution in [-0.4, -0.2) is 16.6 Å². The van der Waals surface area contributed by atoms with Crippen molar-refractivity contribution in [1.82, 2.24) is 9.97 Å². The van der Waals surface area contributed by atoms with E-state index in [0.717, 1.165) is 21.2 Å². The van der Waals surface area contributed by atoms with Gasteiger partial charge >= 0.3 is 0 Å². The van der Waals surface area contributed by atoms with E-state index in [2.05, 4.69) is 25.9 Å². The van der Waals surface area contributed by atoms with Crippen molar-refractivity contribution in [3.8, 4) is 5.88 Å². The fourth-order valence-corrected chi connectivity index (χ4v) is 3.28. The van der Waals surface area contributed by atoms with Crippen molar-refractivity contribution in [2.45, 2.75) is 11.8 Å². The lowest BCUT2D eigenvalue weighted by atomic mass is 9.85. The first-order valence-electron chi connectivity index (χ1n) is 7.60. The molecule has 1 unspecified atom stereocenters. The quantitative estimate of drug-likeness (QED) is 0.551. The first-order valence-corrected chi connectivity index (χ1v) is 8.77. The van der Waals surface area contributed by atoms with Crippen LogP contribution in [0.5, 0.6) is 5.88 Å². The second-order valence-electron chi connectivity index (χ2n) is 5.21. The Balaban J connectivity index is 2.25. The van der Waals surface area contributed by atoms with Crippen molar-refractivity contribution >= 4 is 27.5 Å². The summed E-state index contributed by atoms with van der Waals surface area (Å²) in [5.41, 5.74) is 2.58. The van der Waals surface area contributed by atoms with E-state index >= 15 is 0 Å². The molecule has 0 spiro atoms. The minimum absolute atomic E-state index is 0.495. The minimum Gasteiger partial charge on any atom is -0.478 e. The van der Waals surface area contributed by atoms with Gasteiger partial charge in [0.25, 0.3) is 0 Å². The summed E-state index contributed by atoms with van der Waals surface area (Å²) < 4.78 is 6.70. The van der Waals surface area contributed by atoms with Gasteiger partial charge in [-0.15, -0.1) is 11.6 Å². The maximum atomic E-state index is 7.23. The van der Waals surface area contributed by atoms with E-state index in [1.807, 2.05) is 61.5 Å². The van der Waals surface area contributed by atoms with E-state index in [0.29, 0.717) is 12.5 Å². The Morgan fingerprint density at radius 2 is 1.71 bits per heavy atom. The second kappa shape index (κ2) is 7.32. The fraction of sp³-hybridized carbons (Fsp3) is 0.158. The summed E-state index contributed by atoms with van der Waals surface area (Å²) in [7, 11) is 0. The third kappa shape index (κ3) is 3.17. The lowest BCUT2D eigenvalue weighted by Crippen LogP contribution is -2.24. The number of nitrogens with zero attached hydrogens (tertiary/aromatic N) is 2. The van der Waals surface area contributed by atoms with Gasteiger partial charge < -0.3 is 4.74 Å². The molecule has 2 aromatic carbocycles. The van der Waals surface area contributed by atoms with Crippen LogP contribution in [0.2, 0.25) is 0 Å². The first-order chi connectivity index (χ1) is 11.7. The molecule has 1 atom stereocenters. The summed E-state index contributed by atoms with van der Waals surface area (Å²) in [5.74, 6) is 0.495. The number of halogens is 2. The average Bonchev–Trinajstić information content (AvgIpc) is 2.63. The van der Waals surface area contributed by atoms with Crippen molar-refractivity contribution in [3.05, 3.63) is 88.3 Å². The highest BCUT2D eigenvalue weighted by Gasteiger charge is 2.37. The van der Waals surface area contributed by atoms with Gasteiger partial charge in [0.1, 0.15) is 11.2 Å². The van der Waals surface area contributed by atoms with Crippen LogP contribution in [0.4, 0.5) is 0 Å². The van der Waals surface area contributed by atoms with Gasteiger partial charge in [0.2, 0.25) is 5.88 Å². The molecule has 5 heteroatoms. The molecule has 0 saturated carbocycles. The maximum Gasteiger partial charge on any atom is 0.222 e. The van der Waals surface area contributed by atoms with Crippen LogP contribution < -0.4 is 4.74 Å². The van der Waals surface area contributed by atoms with E-state index in [1.165, 1.54) is 6.33 Å². The van der Waals surface area contributed by atoms with E-state index in [4.69, 9.17) is 16.3 Å². The molecule has 1 aromatic heterocycles. The molecule has 0 N–H and O–H groups in total. The van der Waals surface area contributed by atoms with Crippen molar-refractivity contribution in [2.75, 3.05) is 6.61 Å². The summed E-state index contributed by atoms with van der Waals surface area (Å²) in [6.07, 6.45) is 3.19. The Morgan fingerprint density at radius 3 is 2.38 bits per heavy atom. The smallest absolute Gasteiger partial charge is 0.222 e. The second-order valence-corrected chi connectivity index (χ2v) is 6.69. The molecular formula is C19H16BrClN2O. The monoisotopic (exact) mass is 402 g/mol. The maximum absolute atomic E-state index is 7.23. The third-order valence-corrected chi connectivity index (χ3v) is 4.91. The van der Waals surface area contributed by atoms with Crippen LogP contribution in [0.25, 0.3) is 0 Å². The van der Waals surface area contributed by atoms with Gasteiger partial charge in [-0.25, -0.2) is 9.97 Å². The van der Waals surface area contributed by atoms with Gasteiger partial charge in [0.05, 0.1) is 12.2 Å². The third-order valence-electron chi connectivity index (χ3n) is 3.74. The molecule has 0 fully saturated rings. The predicted molar refractivity (Wildman–Crippen MR) is 99.5 cm³/mol. The van der Waals surface area contributed by atoms with Gasteiger partial charge in [0.15, 0.2) is 0 Å². The molecule has 24 heavy (non-hydrogen) atoms. The fourth-order valence-electron chi connectivity index (χ4n) is 2.63. The zero-order valence-electron chi connectivity index (χ0n) is 13.1. The SMILES string of the molecule is CCOc1ncncc1C(Cl)(c1ccccc1)c1ccc(Br)cc1. The van der Waals surface area contributed by atoms with E-state index < -0.39 is 4.87 Å². The van der Waals surface area contributed by atoms with Crippen LogP contribution >= 0.6 is 27.5 Å². The van der Waals surface area contributed by atoms with Crippen molar-refractivity contribution in [1.29, 1.82) is 0 Å². The number of hydrogen-bond acceptors (Lipinski definition) is 3. The number of ether oxygens (including phenoxy) is 1. The molecule has 0 aliphatic heterocycles. The molecule has 0 aliphatic rings. The molecule has 1 heterocycles. The largest absolute Gasteiger partial charge is 0.478 e. The van der Waals surface area contributed by atoms with Gasteiger partial charge in [-0.2, -0.15) is 0 Å². The van der Waals surface area contributed by atoms with Crippen molar-refractivity contribution in [3.63, 3.8) is 0 Å². The van der Waals surface area contributed by atoms with Gasteiger partial charge in [-0.05, 0) is 30.2 Å². The van der Waals surface area contributed by atoms with E-state index in [-0.39, 0.29) is 0 Å². The standard InChI is InChI=1S/C19H16BrClN2O/c1-2-24-18-17(12-22-13-23-18)19(21,14-6-4-3-5-7-14)15-8-10-16(20)11-9-15/h3-13H,2H2,1H3. The Hall–Kier alpha value is -1.91. The molecule has 0 aliphatic carbocycles. The van der Waals surface area contributed by atoms with E-state index in [9.17, 15) is 0 Å². The highest BCUT2D eigenvalue weighted by molar-refractivity contribution is 9.10. The number of rotatable bonds is 5. The first kappa shape index (κ1) is 16.9. The van der Waals surface area contributed by atoms with Crippen LogP contribution in [0.3, 0.4) is 0 Å². The normalized spacial score (nSPS) is 13.3. The summed E-state index contributed by atoms with van der Waals surface area (Å²) in [4.78, 5) is 7.52. The van der Waals surface area contributed by atoms with Crippen LogP contribution in [-0.2, 0) is 4.87 Å². The lowest BCUT2D eigenvalue weighted by Gasteiger charge is -2.29. The summed E-state index contributed by atoms with van der Waals surface area (Å²) in [5, 5.41) is 0. The number of benzene rings is 2. The Labute approximate surface area is 154 Å². The molecule has 0 saturated heterocycles. The number of aromatic nitrogens is 2. The molecule has 122 valence electrons. The number of alkyl halides is 1. The molecule has 0 radical (unpaired) electrons. The Kier molecular flexibility index (Phi) is 5.17. The zero-order valence-corrected chi connectivity index (χ0v) is 15.5. The highest BCUT2D eigenvalue weighted by Crippen LogP contribution is 2.45. The van der Waals surface area contributed by atoms with Crippen LogP contribution in [0.1, 0.15) is 23.6 Å². The van der Waals surface area contributed by atoms with Crippen molar-refractivity contribution in [2.24, 2.45) is 0 Å². The molecular weight excluding hydrogens is 388 g/mol. The molecule has 3 rings (SSSR count). The molecule has 3 nitrogen and oxygen atoms in total. The molecule has 0 amide bonds. The number of hydrogen-bond donors (Lipinski definition) is 0. The zero-order chi connectivity index (χ0) is 17.0. The summed E-state index contributed by atoms with van der Waals surface area (Å²) in [6, 6.07) is 17.8. The predicted octanol–water partition coefficient (Wildman–Crippen LogP) is 5.17. The lowest BCUT2D eigenvalue weighted by molar-refractivity contribution is 0.320. The molecule has 0 bridgehead atoms.